The van der Waals surface area contributed by atoms with Crippen molar-refractivity contribution in [2.24, 2.45) is 0 Å². The molecular formula is C16H17NO2. The highest BCUT2D eigenvalue weighted by Crippen LogP contribution is 2.32. The predicted octanol–water partition coefficient (Wildman–Crippen LogP) is 2.74. The van der Waals surface area contributed by atoms with Crippen molar-refractivity contribution in [2.75, 3.05) is 13.2 Å². The first-order valence-electron chi connectivity index (χ1n) is 6.64. The number of rotatable bonds is 3. The molecule has 1 aliphatic heterocycles. The van der Waals surface area contributed by atoms with Gasteiger partial charge in [-0.15, -0.1) is 0 Å². The maximum absolute atomic E-state index is 9.09. The van der Waals surface area contributed by atoms with Crippen molar-refractivity contribution in [2.45, 2.75) is 18.9 Å². The molecule has 3 rings (SSSR count). The normalized spacial score (nSPS) is 18.1. The van der Waals surface area contributed by atoms with Gasteiger partial charge in [0.1, 0.15) is 0 Å². The molecule has 1 atom stereocenters. The Labute approximate surface area is 112 Å². The number of aliphatic hydroxyl groups excluding tert-OH is 1. The molecule has 0 fully saturated rings. The Bertz CT molecular complexity index is 554. The molecule has 1 aliphatic rings. The Balaban J connectivity index is 1.96. The zero-order valence-corrected chi connectivity index (χ0v) is 10.7. The zero-order chi connectivity index (χ0) is 13.1. The molecule has 3 nitrogen and oxygen atoms in total. The average molecular weight is 255 g/mol. The molecule has 1 aromatic carbocycles. The molecule has 1 aromatic heterocycles. The van der Waals surface area contributed by atoms with Crippen LogP contribution in [0.4, 0.5) is 0 Å². The molecule has 98 valence electrons. The van der Waals surface area contributed by atoms with Gasteiger partial charge in [-0.25, -0.2) is 0 Å². The number of hydrogen-bond acceptors (Lipinski definition) is 3. The molecule has 0 saturated carbocycles. The van der Waals surface area contributed by atoms with Gasteiger partial charge in [0.15, 0.2) is 0 Å². The summed E-state index contributed by atoms with van der Waals surface area (Å²) in [7, 11) is 0. The van der Waals surface area contributed by atoms with Gasteiger partial charge in [-0.3, -0.25) is 4.98 Å². The van der Waals surface area contributed by atoms with Crippen molar-refractivity contribution >= 4 is 0 Å². The number of hydrogen-bond donors (Lipinski definition) is 1. The van der Waals surface area contributed by atoms with Crippen molar-refractivity contribution in [1.29, 1.82) is 0 Å². The highest BCUT2D eigenvalue weighted by Gasteiger charge is 2.20. The van der Waals surface area contributed by atoms with Crippen LogP contribution in [0.25, 0.3) is 11.1 Å². The van der Waals surface area contributed by atoms with Crippen molar-refractivity contribution < 1.29 is 9.84 Å². The summed E-state index contributed by atoms with van der Waals surface area (Å²) in [5, 5.41) is 9.09. The number of pyridine rings is 1. The summed E-state index contributed by atoms with van der Waals surface area (Å²) in [4.78, 5) is 4.16. The monoisotopic (exact) mass is 255 g/mol. The van der Waals surface area contributed by atoms with Gasteiger partial charge in [-0.2, -0.15) is 0 Å². The van der Waals surface area contributed by atoms with Crippen LogP contribution in [-0.2, 0) is 11.2 Å². The Kier molecular flexibility index (Phi) is 3.58. The second-order valence-corrected chi connectivity index (χ2v) is 4.78. The van der Waals surface area contributed by atoms with E-state index in [4.69, 9.17) is 9.84 Å². The fraction of sp³-hybridized carbons (Fsp3) is 0.312. The average Bonchev–Trinajstić information content (AvgIpc) is 2.48. The number of aliphatic hydroxyl groups is 1. The van der Waals surface area contributed by atoms with E-state index in [-0.39, 0.29) is 12.7 Å². The van der Waals surface area contributed by atoms with E-state index in [9.17, 15) is 0 Å². The summed E-state index contributed by atoms with van der Waals surface area (Å²) in [6.07, 6.45) is 5.31. The molecule has 3 heteroatoms. The van der Waals surface area contributed by atoms with Gasteiger partial charge in [0.2, 0.25) is 0 Å². The van der Waals surface area contributed by atoms with E-state index in [0.29, 0.717) is 6.42 Å². The molecule has 0 aliphatic carbocycles. The van der Waals surface area contributed by atoms with E-state index >= 15 is 0 Å². The molecule has 0 bridgehead atoms. The number of nitrogens with zero attached hydrogens (tertiary/aromatic N) is 1. The van der Waals surface area contributed by atoms with E-state index in [0.717, 1.165) is 18.6 Å². The number of fused-ring (bicyclic) bond motifs is 1. The van der Waals surface area contributed by atoms with Gasteiger partial charge in [0.25, 0.3) is 0 Å². The van der Waals surface area contributed by atoms with Crippen LogP contribution in [0.15, 0.2) is 42.7 Å². The van der Waals surface area contributed by atoms with Crippen LogP contribution in [0.5, 0.6) is 0 Å². The zero-order valence-electron chi connectivity index (χ0n) is 10.7. The van der Waals surface area contributed by atoms with Crippen LogP contribution in [0.2, 0.25) is 0 Å². The van der Waals surface area contributed by atoms with Crippen LogP contribution in [0, 0.1) is 0 Å². The summed E-state index contributed by atoms with van der Waals surface area (Å²) in [6, 6.07) is 10.5. The van der Waals surface area contributed by atoms with E-state index in [1.807, 2.05) is 12.3 Å². The van der Waals surface area contributed by atoms with Gasteiger partial charge >= 0.3 is 0 Å². The molecule has 19 heavy (non-hydrogen) atoms. The molecule has 2 aromatic rings. The minimum absolute atomic E-state index is 0.0386. The first kappa shape index (κ1) is 12.3. The lowest BCUT2D eigenvalue weighted by Gasteiger charge is -2.26. The molecule has 1 N–H and O–H groups in total. The van der Waals surface area contributed by atoms with E-state index in [1.54, 1.807) is 6.20 Å². The Morgan fingerprint density at radius 3 is 3.00 bits per heavy atom. The summed E-state index contributed by atoms with van der Waals surface area (Å²) >= 11 is 0. The fourth-order valence-electron chi connectivity index (χ4n) is 2.61. The van der Waals surface area contributed by atoms with Crippen molar-refractivity contribution in [1.82, 2.24) is 4.98 Å². The van der Waals surface area contributed by atoms with Crippen LogP contribution >= 0.6 is 0 Å². The summed E-state index contributed by atoms with van der Waals surface area (Å²) < 4.78 is 5.72. The Hall–Kier alpha value is -1.71. The van der Waals surface area contributed by atoms with Crippen molar-refractivity contribution in [3.63, 3.8) is 0 Å². The second kappa shape index (κ2) is 5.51. The number of aromatic nitrogens is 1. The molecular weight excluding hydrogens is 238 g/mol. The van der Waals surface area contributed by atoms with Gasteiger partial charge < -0.3 is 9.84 Å². The summed E-state index contributed by atoms with van der Waals surface area (Å²) in [5.74, 6) is 0. The highest BCUT2D eigenvalue weighted by atomic mass is 16.5. The van der Waals surface area contributed by atoms with E-state index in [1.165, 1.54) is 16.7 Å². The van der Waals surface area contributed by atoms with Crippen LogP contribution in [-0.4, -0.2) is 23.3 Å². The molecule has 0 spiro atoms. The van der Waals surface area contributed by atoms with Gasteiger partial charge in [0.05, 0.1) is 12.7 Å². The maximum atomic E-state index is 9.09. The number of ether oxygens (including phenoxy) is 1. The van der Waals surface area contributed by atoms with Crippen molar-refractivity contribution in [3.8, 4) is 11.1 Å². The third kappa shape index (κ3) is 2.53. The fourth-order valence-corrected chi connectivity index (χ4v) is 2.61. The highest BCUT2D eigenvalue weighted by molar-refractivity contribution is 5.64. The molecule has 0 radical (unpaired) electrons. The Morgan fingerprint density at radius 2 is 2.21 bits per heavy atom. The summed E-state index contributed by atoms with van der Waals surface area (Å²) in [5.41, 5.74) is 4.87. The number of benzene rings is 1. The lowest BCUT2D eigenvalue weighted by Crippen LogP contribution is -2.17. The molecule has 0 amide bonds. The third-order valence-corrected chi connectivity index (χ3v) is 3.57. The largest absolute Gasteiger partial charge is 0.396 e. The van der Waals surface area contributed by atoms with E-state index < -0.39 is 0 Å². The first-order valence-corrected chi connectivity index (χ1v) is 6.64. The van der Waals surface area contributed by atoms with Crippen LogP contribution in [0.1, 0.15) is 23.7 Å². The smallest absolute Gasteiger partial charge is 0.0849 e. The standard InChI is InChI=1S/C16H17NO2/c18-8-5-16-15-4-3-12(10-13(15)6-9-19-16)14-2-1-7-17-11-14/h1-4,7,10-11,16,18H,5-6,8-9H2/t16-/m0/s1. The first-order chi connectivity index (χ1) is 9.38. The van der Waals surface area contributed by atoms with Gasteiger partial charge in [-0.1, -0.05) is 24.3 Å². The third-order valence-electron chi connectivity index (χ3n) is 3.57. The molecule has 0 saturated heterocycles. The van der Waals surface area contributed by atoms with Gasteiger partial charge in [-0.05, 0) is 34.7 Å². The predicted molar refractivity (Wildman–Crippen MR) is 73.8 cm³/mol. The topological polar surface area (TPSA) is 42.4 Å². The minimum Gasteiger partial charge on any atom is -0.396 e. The van der Waals surface area contributed by atoms with Crippen LogP contribution < -0.4 is 0 Å². The van der Waals surface area contributed by atoms with E-state index in [2.05, 4.69) is 29.2 Å². The Morgan fingerprint density at radius 1 is 1.26 bits per heavy atom. The van der Waals surface area contributed by atoms with Gasteiger partial charge in [0, 0.05) is 25.4 Å². The van der Waals surface area contributed by atoms with Crippen LogP contribution in [0.3, 0.4) is 0 Å². The second-order valence-electron chi connectivity index (χ2n) is 4.78. The SMILES string of the molecule is OCC[C@@H]1OCCc2cc(-c3cccnc3)ccc21. The van der Waals surface area contributed by atoms with Crippen molar-refractivity contribution in [3.05, 3.63) is 53.9 Å². The lowest BCUT2D eigenvalue weighted by molar-refractivity contribution is 0.0254. The maximum Gasteiger partial charge on any atom is 0.0849 e. The molecule has 0 unspecified atom stereocenters. The quantitative estimate of drug-likeness (QED) is 0.917. The summed E-state index contributed by atoms with van der Waals surface area (Å²) in [6.45, 7) is 0.891. The molecule has 2 heterocycles. The minimum atomic E-state index is 0.0386. The lowest BCUT2D eigenvalue weighted by atomic mass is 9.92.